The maximum atomic E-state index is 12.3. The summed E-state index contributed by atoms with van der Waals surface area (Å²) in [6.45, 7) is 1.85. The van der Waals surface area contributed by atoms with Gasteiger partial charge in [0.2, 0.25) is 0 Å². The van der Waals surface area contributed by atoms with Crippen LogP contribution in [0.3, 0.4) is 0 Å². The van der Waals surface area contributed by atoms with Crippen LogP contribution in [0, 0.1) is 12.3 Å². The Morgan fingerprint density at radius 1 is 1.04 bits per heavy atom. The van der Waals surface area contributed by atoms with Gasteiger partial charge in [-0.3, -0.25) is 4.57 Å². The predicted molar refractivity (Wildman–Crippen MR) is 97.9 cm³/mol. The van der Waals surface area contributed by atoms with Crippen LogP contribution < -0.4 is 4.74 Å². The lowest BCUT2D eigenvalue weighted by Gasteiger charge is -2.11. The van der Waals surface area contributed by atoms with Crippen LogP contribution in [0.5, 0.6) is 5.75 Å². The normalized spacial score (nSPS) is 11.9. The van der Waals surface area contributed by atoms with E-state index in [9.17, 15) is 13.2 Å². The molecular formula is C20H14F3N3O. The minimum Gasteiger partial charge on any atom is -0.406 e. The Morgan fingerprint density at radius 2 is 1.78 bits per heavy atom. The van der Waals surface area contributed by atoms with Gasteiger partial charge >= 0.3 is 6.36 Å². The Hall–Kier alpha value is -3.35. The number of hydrogen-bond acceptors (Lipinski definition) is 3. The van der Waals surface area contributed by atoms with E-state index < -0.39 is 6.36 Å². The summed E-state index contributed by atoms with van der Waals surface area (Å²) >= 11 is 0. The van der Waals surface area contributed by atoms with Gasteiger partial charge in [0.1, 0.15) is 11.6 Å². The molecule has 0 fully saturated rings. The third kappa shape index (κ3) is 3.12. The van der Waals surface area contributed by atoms with Crippen LogP contribution in [0.2, 0.25) is 0 Å². The molecule has 4 rings (SSSR count). The molecule has 7 heteroatoms. The SMILES string of the molecule is Cc1nc2c3ccc(C=N)cc3ccc2n1-c1ccc(OC(F)(F)F)cc1. The van der Waals surface area contributed by atoms with Crippen LogP contribution in [0.1, 0.15) is 11.4 Å². The second-order valence-electron chi connectivity index (χ2n) is 6.09. The highest BCUT2D eigenvalue weighted by molar-refractivity contribution is 6.06. The number of imidazole rings is 1. The van der Waals surface area contributed by atoms with Crippen LogP contribution in [0.25, 0.3) is 27.5 Å². The van der Waals surface area contributed by atoms with E-state index in [0.29, 0.717) is 5.69 Å². The van der Waals surface area contributed by atoms with E-state index in [4.69, 9.17) is 5.41 Å². The van der Waals surface area contributed by atoms with E-state index in [1.54, 1.807) is 12.1 Å². The lowest BCUT2D eigenvalue weighted by Crippen LogP contribution is -2.17. The molecule has 0 spiro atoms. The fraction of sp³-hybridized carbons (Fsp3) is 0.100. The van der Waals surface area contributed by atoms with Gasteiger partial charge in [-0.1, -0.05) is 18.2 Å². The predicted octanol–water partition coefficient (Wildman–Crippen LogP) is 5.38. The number of aromatic nitrogens is 2. The van der Waals surface area contributed by atoms with Crippen molar-refractivity contribution < 1.29 is 17.9 Å². The smallest absolute Gasteiger partial charge is 0.406 e. The van der Waals surface area contributed by atoms with E-state index >= 15 is 0 Å². The van der Waals surface area contributed by atoms with Crippen molar-refractivity contribution in [3.05, 3.63) is 66.0 Å². The van der Waals surface area contributed by atoms with E-state index in [2.05, 4.69) is 9.72 Å². The third-order valence-electron chi connectivity index (χ3n) is 4.33. The molecule has 0 aliphatic heterocycles. The summed E-state index contributed by atoms with van der Waals surface area (Å²) in [4.78, 5) is 4.65. The van der Waals surface area contributed by atoms with Gasteiger partial charge in [-0.15, -0.1) is 13.2 Å². The molecule has 0 aliphatic rings. The van der Waals surface area contributed by atoms with Crippen molar-refractivity contribution in [2.24, 2.45) is 0 Å². The number of fused-ring (bicyclic) bond motifs is 3. The Bertz CT molecular complexity index is 1160. The van der Waals surface area contributed by atoms with Gasteiger partial charge in [-0.05, 0) is 54.3 Å². The number of alkyl halides is 3. The van der Waals surface area contributed by atoms with Gasteiger partial charge in [-0.25, -0.2) is 4.98 Å². The van der Waals surface area contributed by atoms with Gasteiger partial charge in [0.15, 0.2) is 0 Å². The molecule has 0 unspecified atom stereocenters. The van der Waals surface area contributed by atoms with E-state index in [-0.39, 0.29) is 5.75 Å². The Balaban J connectivity index is 1.83. The molecule has 4 nitrogen and oxygen atoms in total. The van der Waals surface area contributed by atoms with E-state index in [0.717, 1.165) is 33.2 Å². The number of ether oxygens (including phenoxy) is 1. The highest BCUT2D eigenvalue weighted by Gasteiger charge is 2.31. The Labute approximate surface area is 152 Å². The zero-order valence-electron chi connectivity index (χ0n) is 14.2. The Kier molecular flexibility index (Phi) is 3.87. The summed E-state index contributed by atoms with van der Waals surface area (Å²) in [6.07, 6.45) is -3.43. The van der Waals surface area contributed by atoms with Gasteiger partial charge in [0, 0.05) is 17.3 Å². The molecule has 1 heterocycles. The first-order valence-electron chi connectivity index (χ1n) is 8.14. The summed E-state index contributed by atoms with van der Waals surface area (Å²) in [5, 5.41) is 9.31. The minimum atomic E-state index is -4.71. The van der Waals surface area contributed by atoms with Crippen molar-refractivity contribution in [3.8, 4) is 11.4 Å². The summed E-state index contributed by atoms with van der Waals surface area (Å²) in [5.74, 6) is 0.455. The van der Waals surface area contributed by atoms with Gasteiger partial charge in [0.05, 0.1) is 11.0 Å². The molecule has 1 aromatic heterocycles. The molecule has 0 bridgehead atoms. The van der Waals surface area contributed by atoms with Gasteiger partial charge < -0.3 is 10.1 Å². The second-order valence-corrected chi connectivity index (χ2v) is 6.09. The van der Waals surface area contributed by atoms with Crippen molar-refractivity contribution in [3.63, 3.8) is 0 Å². The van der Waals surface area contributed by atoms with Crippen LogP contribution in [-0.4, -0.2) is 22.1 Å². The summed E-state index contributed by atoms with van der Waals surface area (Å²) in [7, 11) is 0. The summed E-state index contributed by atoms with van der Waals surface area (Å²) in [5.41, 5.74) is 3.16. The average Bonchev–Trinajstić information content (AvgIpc) is 2.97. The number of nitrogens with zero attached hydrogens (tertiary/aromatic N) is 2. The molecular weight excluding hydrogens is 355 g/mol. The number of benzene rings is 3. The first-order chi connectivity index (χ1) is 12.9. The number of aryl methyl sites for hydroxylation is 1. The quantitative estimate of drug-likeness (QED) is 0.493. The van der Waals surface area contributed by atoms with Crippen LogP contribution in [0.15, 0.2) is 54.6 Å². The first kappa shape index (κ1) is 17.1. The molecule has 0 saturated heterocycles. The van der Waals surface area contributed by atoms with Gasteiger partial charge in [-0.2, -0.15) is 0 Å². The maximum absolute atomic E-state index is 12.3. The third-order valence-corrected chi connectivity index (χ3v) is 4.33. The lowest BCUT2D eigenvalue weighted by atomic mass is 10.1. The van der Waals surface area contributed by atoms with Crippen molar-refractivity contribution in [2.75, 3.05) is 0 Å². The topological polar surface area (TPSA) is 50.9 Å². The average molecular weight is 369 g/mol. The molecule has 4 aromatic rings. The standard InChI is InChI=1S/C20H14F3N3O/c1-12-25-19-17-8-2-13(11-24)10-14(17)3-9-18(19)26(12)15-4-6-16(7-5-15)27-20(21,22)23/h2-11,24H,1H3. The molecule has 0 atom stereocenters. The number of hydrogen-bond donors (Lipinski definition) is 1. The zero-order valence-corrected chi connectivity index (χ0v) is 14.2. The molecule has 1 N–H and O–H groups in total. The number of halogens is 3. The first-order valence-corrected chi connectivity index (χ1v) is 8.14. The highest BCUT2D eigenvalue weighted by Crippen LogP contribution is 2.30. The molecule has 0 aliphatic carbocycles. The van der Waals surface area contributed by atoms with Crippen LogP contribution in [-0.2, 0) is 0 Å². The minimum absolute atomic E-state index is 0.266. The molecule has 3 aromatic carbocycles. The van der Waals surface area contributed by atoms with E-state index in [1.807, 2.05) is 41.8 Å². The monoisotopic (exact) mass is 369 g/mol. The lowest BCUT2D eigenvalue weighted by molar-refractivity contribution is -0.274. The second kappa shape index (κ2) is 6.12. The number of nitrogens with one attached hydrogen (secondary N) is 1. The summed E-state index contributed by atoms with van der Waals surface area (Å²) in [6, 6.07) is 15.3. The van der Waals surface area contributed by atoms with Crippen LogP contribution in [0.4, 0.5) is 13.2 Å². The van der Waals surface area contributed by atoms with Gasteiger partial charge in [0.25, 0.3) is 0 Å². The van der Waals surface area contributed by atoms with Crippen molar-refractivity contribution in [1.29, 1.82) is 5.41 Å². The molecule has 0 saturated carbocycles. The fourth-order valence-electron chi connectivity index (χ4n) is 3.22. The van der Waals surface area contributed by atoms with Crippen molar-refractivity contribution in [2.45, 2.75) is 13.3 Å². The molecule has 0 radical (unpaired) electrons. The zero-order chi connectivity index (χ0) is 19.2. The fourth-order valence-corrected chi connectivity index (χ4v) is 3.22. The largest absolute Gasteiger partial charge is 0.573 e. The summed E-state index contributed by atoms with van der Waals surface area (Å²) < 4.78 is 42.8. The molecule has 27 heavy (non-hydrogen) atoms. The highest BCUT2D eigenvalue weighted by atomic mass is 19.4. The number of rotatable bonds is 3. The maximum Gasteiger partial charge on any atom is 0.573 e. The molecule has 0 amide bonds. The van der Waals surface area contributed by atoms with Crippen LogP contribution >= 0.6 is 0 Å². The van der Waals surface area contributed by atoms with Crippen molar-refractivity contribution in [1.82, 2.24) is 9.55 Å². The molecule has 136 valence electrons. The van der Waals surface area contributed by atoms with Crippen molar-refractivity contribution >= 4 is 28.0 Å². The Morgan fingerprint density at radius 3 is 2.44 bits per heavy atom. The van der Waals surface area contributed by atoms with E-state index in [1.165, 1.54) is 18.3 Å².